The van der Waals surface area contributed by atoms with Crippen LogP contribution in [0.2, 0.25) is 0 Å². The number of benzene rings is 3. The molecule has 0 aliphatic rings. The highest BCUT2D eigenvalue weighted by Gasteiger charge is 2.17. The molecule has 0 saturated carbocycles. The highest BCUT2D eigenvalue weighted by atomic mass is 16.5. The fraction of sp³-hybridized carbons (Fsp3) is 0.154. The number of methoxy groups -OCH3 is 1. The molecule has 0 saturated heterocycles. The Labute approximate surface area is 182 Å². The number of carbonyl (C=O) groups excluding carboxylic acids is 2. The molecule has 3 aromatic rings. The van der Waals surface area contributed by atoms with E-state index in [0.29, 0.717) is 23.4 Å². The lowest BCUT2D eigenvalue weighted by Crippen LogP contribution is -2.30. The van der Waals surface area contributed by atoms with Gasteiger partial charge in [0.15, 0.2) is 6.61 Å². The van der Waals surface area contributed by atoms with Gasteiger partial charge in [-0.3, -0.25) is 4.79 Å². The summed E-state index contributed by atoms with van der Waals surface area (Å²) in [5, 5.41) is 0. The summed E-state index contributed by atoms with van der Waals surface area (Å²) in [7, 11) is 3.28. The van der Waals surface area contributed by atoms with E-state index in [1.165, 1.54) is 4.90 Å². The van der Waals surface area contributed by atoms with Crippen molar-refractivity contribution in [1.82, 2.24) is 4.90 Å². The molecule has 0 fully saturated rings. The van der Waals surface area contributed by atoms with Gasteiger partial charge in [-0.15, -0.1) is 0 Å². The van der Waals surface area contributed by atoms with Crippen LogP contribution in [-0.2, 0) is 20.9 Å². The molecule has 0 aliphatic heterocycles. The topological polar surface area (TPSA) is 55.8 Å². The average molecular weight is 415 g/mol. The first-order valence-corrected chi connectivity index (χ1v) is 9.93. The third-order valence-corrected chi connectivity index (χ3v) is 4.72. The molecule has 0 spiro atoms. The van der Waals surface area contributed by atoms with E-state index < -0.39 is 5.97 Å². The maximum Gasteiger partial charge on any atom is 0.339 e. The summed E-state index contributed by atoms with van der Waals surface area (Å²) in [6.07, 6.45) is 1.73. The molecule has 0 aromatic heterocycles. The minimum absolute atomic E-state index is 0.272. The average Bonchev–Trinajstić information content (AvgIpc) is 2.82. The smallest absolute Gasteiger partial charge is 0.339 e. The molecular formula is C26H25NO4. The van der Waals surface area contributed by atoms with Gasteiger partial charge < -0.3 is 14.4 Å². The monoisotopic (exact) mass is 415 g/mol. The van der Waals surface area contributed by atoms with Crippen LogP contribution < -0.4 is 4.74 Å². The zero-order valence-corrected chi connectivity index (χ0v) is 17.7. The molecule has 31 heavy (non-hydrogen) atoms. The maximum atomic E-state index is 12.9. The van der Waals surface area contributed by atoms with Crippen molar-refractivity contribution in [2.75, 3.05) is 20.8 Å². The van der Waals surface area contributed by atoms with Crippen molar-refractivity contribution in [3.63, 3.8) is 0 Å². The minimum atomic E-state index is -0.560. The molecule has 0 aliphatic carbocycles. The summed E-state index contributed by atoms with van der Waals surface area (Å²) in [5.74, 6) is -0.145. The van der Waals surface area contributed by atoms with Crippen LogP contribution in [0.15, 0.2) is 84.9 Å². The van der Waals surface area contributed by atoms with Crippen molar-refractivity contribution in [1.29, 1.82) is 0 Å². The Morgan fingerprint density at radius 3 is 2.26 bits per heavy atom. The zero-order chi connectivity index (χ0) is 22.1. The van der Waals surface area contributed by atoms with Crippen LogP contribution in [0.4, 0.5) is 0 Å². The number of amides is 1. The van der Waals surface area contributed by atoms with Gasteiger partial charge in [-0.25, -0.2) is 4.79 Å². The van der Waals surface area contributed by atoms with Crippen molar-refractivity contribution in [3.05, 3.63) is 102 Å². The first-order valence-electron chi connectivity index (χ1n) is 9.93. The molecule has 5 nitrogen and oxygen atoms in total. The lowest BCUT2D eigenvalue weighted by Gasteiger charge is -2.17. The van der Waals surface area contributed by atoms with Crippen molar-refractivity contribution >= 4 is 23.5 Å². The van der Waals surface area contributed by atoms with E-state index in [1.807, 2.05) is 84.9 Å². The molecule has 0 unspecified atom stereocenters. The molecule has 0 bridgehead atoms. The van der Waals surface area contributed by atoms with Gasteiger partial charge in [-0.1, -0.05) is 72.8 Å². The maximum absolute atomic E-state index is 12.9. The second-order valence-corrected chi connectivity index (χ2v) is 7.01. The zero-order valence-electron chi connectivity index (χ0n) is 17.7. The number of likely N-dealkylation sites (N-methyl/N-ethyl adjacent to an activating group) is 1. The molecule has 1 amide bonds. The summed E-state index contributed by atoms with van der Waals surface area (Å²) in [6.45, 7) is 0.118. The SMILES string of the molecule is COc1cccc(/C=C(/C(=O)OCC(=O)N(C)Cc2ccccc2)c2ccccc2)c1. The number of ether oxygens (including phenoxy) is 2. The number of hydrogen-bond acceptors (Lipinski definition) is 4. The summed E-state index contributed by atoms with van der Waals surface area (Å²) < 4.78 is 10.6. The number of rotatable bonds is 8. The molecule has 3 rings (SSSR count). The lowest BCUT2D eigenvalue weighted by molar-refractivity contribution is -0.147. The normalized spacial score (nSPS) is 11.0. The third-order valence-electron chi connectivity index (χ3n) is 4.72. The van der Waals surface area contributed by atoms with E-state index in [2.05, 4.69) is 0 Å². The quantitative estimate of drug-likeness (QED) is 0.310. The van der Waals surface area contributed by atoms with E-state index in [4.69, 9.17) is 9.47 Å². The Kier molecular flexibility index (Phi) is 7.60. The predicted molar refractivity (Wildman–Crippen MR) is 121 cm³/mol. The predicted octanol–water partition coefficient (Wildman–Crippen LogP) is 4.44. The van der Waals surface area contributed by atoms with E-state index >= 15 is 0 Å². The van der Waals surface area contributed by atoms with Crippen LogP contribution >= 0.6 is 0 Å². The van der Waals surface area contributed by atoms with Gasteiger partial charge in [0.1, 0.15) is 5.75 Å². The van der Waals surface area contributed by atoms with Crippen molar-refractivity contribution < 1.29 is 19.1 Å². The fourth-order valence-corrected chi connectivity index (χ4v) is 3.04. The Morgan fingerprint density at radius 2 is 1.58 bits per heavy atom. The van der Waals surface area contributed by atoms with E-state index in [0.717, 1.165) is 11.1 Å². The first kappa shape index (κ1) is 21.8. The number of hydrogen-bond donors (Lipinski definition) is 0. The van der Waals surface area contributed by atoms with Crippen molar-refractivity contribution in [3.8, 4) is 5.75 Å². The van der Waals surface area contributed by atoms with Gasteiger partial charge >= 0.3 is 5.97 Å². The minimum Gasteiger partial charge on any atom is -0.497 e. The largest absolute Gasteiger partial charge is 0.497 e. The molecule has 158 valence electrons. The van der Waals surface area contributed by atoms with Crippen molar-refractivity contribution in [2.45, 2.75) is 6.54 Å². The van der Waals surface area contributed by atoms with Crippen LogP contribution in [-0.4, -0.2) is 37.5 Å². The van der Waals surface area contributed by atoms with E-state index in [-0.39, 0.29) is 12.5 Å². The number of esters is 1. The van der Waals surface area contributed by atoms with Crippen LogP contribution in [0.5, 0.6) is 5.75 Å². The Balaban J connectivity index is 1.73. The van der Waals surface area contributed by atoms with E-state index in [9.17, 15) is 9.59 Å². The van der Waals surface area contributed by atoms with Gasteiger partial charge in [-0.05, 0) is 34.9 Å². The van der Waals surface area contributed by atoms with E-state index in [1.54, 1.807) is 20.2 Å². The van der Waals surface area contributed by atoms with Crippen molar-refractivity contribution in [2.24, 2.45) is 0 Å². The van der Waals surface area contributed by atoms with Gasteiger partial charge in [-0.2, -0.15) is 0 Å². The summed E-state index contributed by atoms with van der Waals surface area (Å²) in [6, 6.07) is 26.3. The Morgan fingerprint density at radius 1 is 0.903 bits per heavy atom. The van der Waals surface area contributed by atoms with Gasteiger partial charge in [0.2, 0.25) is 0 Å². The van der Waals surface area contributed by atoms with Crippen LogP contribution in [0.1, 0.15) is 16.7 Å². The van der Waals surface area contributed by atoms with Gasteiger partial charge in [0, 0.05) is 13.6 Å². The molecular weight excluding hydrogens is 390 g/mol. The molecule has 0 atom stereocenters. The summed E-state index contributed by atoms with van der Waals surface area (Å²) in [4.78, 5) is 26.9. The molecule has 5 heteroatoms. The van der Waals surface area contributed by atoms with Crippen LogP contribution in [0.3, 0.4) is 0 Å². The fourth-order valence-electron chi connectivity index (χ4n) is 3.04. The second-order valence-electron chi connectivity index (χ2n) is 7.01. The summed E-state index contributed by atoms with van der Waals surface area (Å²) >= 11 is 0. The van der Waals surface area contributed by atoms with Gasteiger partial charge in [0.05, 0.1) is 12.7 Å². The highest BCUT2D eigenvalue weighted by Crippen LogP contribution is 2.22. The summed E-state index contributed by atoms with van der Waals surface area (Å²) in [5.41, 5.74) is 2.88. The third kappa shape index (κ3) is 6.31. The Bertz CT molecular complexity index is 1050. The highest BCUT2D eigenvalue weighted by molar-refractivity contribution is 6.21. The number of nitrogens with zero attached hydrogens (tertiary/aromatic N) is 1. The first-order chi connectivity index (χ1) is 15.1. The molecule has 0 N–H and O–H groups in total. The number of carbonyl (C=O) groups is 2. The molecule has 3 aromatic carbocycles. The lowest BCUT2D eigenvalue weighted by atomic mass is 10.0. The molecule has 0 heterocycles. The second kappa shape index (κ2) is 10.8. The standard InChI is InChI=1S/C26H25NO4/c1-27(18-20-10-5-3-6-11-20)25(28)19-31-26(29)24(22-13-7-4-8-14-22)17-21-12-9-15-23(16-21)30-2/h3-17H,18-19H2,1-2H3/b24-17+. The Hall–Kier alpha value is -3.86. The van der Waals surface area contributed by atoms with Crippen LogP contribution in [0, 0.1) is 0 Å². The molecule has 0 radical (unpaired) electrons. The van der Waals surface area contributed by atoms with Gasteiger partial charge in [0.25, 0.3) is 5.91 Å². The van der Waals surface area contributed by atoms with Crippen LogP contribution in [0.25, 0.3) is 11.6 Å².